The zero-order chi connectivity index (χ0) is 14.8. The first kappa shape index (κ1) is 14.3. The summed E-state index contributed by atoms with van der Waals surface area (Å²) < 4.78 is 26.9. The van der Waals surface area contributed by atoms with Gasteiger partial charge in [-0.25, -0.2) is 8.42 Å². The van der Waals surface area contributed by atoms with Crippen LogP contribution in [0.5, 0.6) is 0 Å². The Bertz CT molecular complexity index is 718. The minimum Gasteiger partial charge on any atom is -0.295 e. The van der Waals surface area contributed by atoms with Crippen molar-refractivity contribution in [1.29, 1.82) is 0 Å². The lowest BCUT2D eigenvalue weighted by atomic mass is 10.2. The number of aromatic nitrogens is 2. The summed E-state index contributed by atoms with van der Waals surface area (Å²) in [6.07, 6.45) is 2.24. The molecule has 1 aromatic carbocycles. The van der Waals surface area contributed by atoms with Crippen LogP contribution in [-0.2, 0) is 16.4 Å². The fourth-order valence-electron chi connectivity index (χ4n) is 1.73. The smallest absolute Gasteiger partial charge is 0.263 e. The molecule has 0 saturated heterocycles. The summed E-state index contributed by atoms with van der Waals surface area (Å²) in [5.41, 5.74) is 1.26. The quantitative estimate of drug-likeness (QED) is 0.824. The van der Waals surface area contributed by atoms with Gasteiger partial charge < -0.3 is 0 Å². The van der Waals surface area contributed by atoms with E-state index in [1.807, 2.05) is 6.92 Å². The lowest BCUT2D eigenvalue weighted by Gasteiger charge is -2.08. The van der Waals surface area contributed by atoms with Crippen molar-refractivity contribution in [3.63, 3.8) is 0 Å². The number of aryl methyl sites for hydroxylation is 1. The molecule has 1 heterocycles. The predicted octanol–water partition coefficient (Wildman–Crippen LogP) is 1.98. The molecular formula is C13H15N3O3S. The molecule has 0 atom stereocenters. The van der Waals surface area contributed by atoms with Crippen LogP contribution in [0.3, 0.4) is 0 Å². The Kier molecular flexibility index (Phi) is 3.89. The summed E-state index contributed by atoms with van der Waals surface area (Å²) in [5, 5.41) is 6.43. The first-order valence-corrected chi connectivity index (χ1v) is 7.58. The predicted molar refractivity (Wildman–Crippen MR) is 75.2 cm³/mol. The topological polar surface area (TPSA) is 91.9 Å². The fourth-order valence-corrected chi connectivity index (χ4v) is 2.79. The van der Waals surface area contributed by atoms with Gasteiger partial charge in [0.1, 0.15) is 5.82 Å². The van der Waals surface area contributed by atoms with E-state index in [0.717, 1.165) is 5.56 Å². The van der Waals surface area contributed by atoms with Crippen molar-refractivity contribution < 1.29 is 13.2 Å². The standard InChI is InChI=1S/C13H15N3O3S/c1-3-10-8-14-15-13(10)16-20(18,19)12-6-4-11(5-7-12)9(2)17/h4-8H,3H2,1-2H3,(H2,14,15,16). The molecule has 0 bridgehead atoms. The number of sulfonamides is 1. The molecule has 0 spiro atoms. The molecule has 6 nitrogen and oxygen atoms in total. The molecule has 0 aliphatic carbocycles. The summed E-state index contributed by atoms with van der Waals surface area (Å²) in [6.45, 7) is 3.34. The molecule has 0 radical (unpaired) electrons. The number of hydrogen-bond acceptors (Lipinski definition) is 4. The van der Waals surface area contributed by atoms with Gasteiger partial charge in [-0.2, -0.15) is 5.10 Å². The number of Topliss-reactive ketones (excluding diaryl/α,β-unsaturated/α-hetero) is 1. The van der Waals surface area contributed by atoms with E-state index in [1.54, 1.807) is 6.20 Å². The molecule has 0 fully saturated rings. The SMILES string of the molecule is CCc1cn[nH]c1NS(=O)(=O)c1ccc(C(C)=O)cc1. The number of carbonyl (C=O) groups is 1. The van der Waals surface area contributed by atoms with Crippen LogP contribution < -0.4 is 4.72 Å². The van der Waals surface area contributed by atoms with Crippen LogP contribution in [0.25, 0.3) is 0 Å². The number of nitrogens with one attached hydrogen (secondary N) is 2. The van der Waals surface area contributed by atoms with Crippen LogP contribution in [0.4, 0.5) is 5.82 Å². The average molecular weight is 293 g/mol. The maximum atomic E-state index is 12.2. The molecule has 106 valence electrons. The van der Waals surface area contributed by atoms with Crippen molar-refractivity contribution in [3.05, 3.63) is 41.6 Å². The molecule has 1 aromatic heterocycles. The highest BCUT2D eigenvalue weighted by Gasteiger charge is 2.17. The highest BCUT2D eigenvalue weighted by Crippen LogP contribution is 2.18. The van der Waals surface area contributed by atoms with Crippen molar-refractivity contribution in [2.45, 2.75) is 25.2 Å². The molecule has 0 unspecified atom stereocenters. The number of hydrogen-bond donors (Lipinski definition) is 2. The van der Waals surface area contributed by atoms with Gasteiger partial charge in [0, 0.05) is 11.1 Å². The number of nitrogens with zero attached hydrogens (tertiary/aromatic N) is 1. The van der Waals surface area contributed by atoms with Crippen LogP contribution in [0.15, 0.2) is 35.4 Å². The molecule has 0 amide bonds. The Balaban J connectivity index is 2.28. The zero-order valence-electron chi connectivity index (χ0n) is 11.2. The van der Waals surface area contributed by atoms with E-state index in [0.29, 0.717) is 17.8 Å². The second-order valence-corrected chi connectivity index (χ2v) is 5.99. The summed E-state index contributed by atoms with van der Waals surface area (Å²) in [6, 6.07) is 5.79. The van der Waals surface area contributed by atoms with Gasteiger partial charge in [0.2, 0.25) is 0 Å². The van der Waals surface area contributed by atoms with E-state index in [4.69, 9.17) is 0 Å². The number of rotatable bonds is 5. The number of anilines is 1. The van der Waals surface area contributed by atoms with E-state index in [9.17, 15) is 13.2 Å². The third-order valence-corrected chi connectivity index (χ3v) is 4.27. The fraction of sp³-hybridized carbons (Fsp3) is 0.231. The molecule has 7 heteroatoms. The van der Waals surface area contributed by atoms with Crippen molar-refractivity contribution in [2.75, 3.05) is 4.72 Å². The molecular weight excluding hydrogens is 278 g/mol. The molecule has 2 N–H and O–H groups in total. The Morgan fingerprint density at radius 2 is 1.95 bits per heavy atom. The number of carbonyl (C=O) groups excluding carboxylic acids is 1. The minimum atomic E-state index is -3.69. The molecule has 0 aliphatic heterocycles. The van der Waals surface area contributed by atoms with Crippen molar-refractivity contribution >= 4 is 21.6 Å². The van der Waals surface area contributed by atoms with Crippen molar-refractivity contribution in [3.8, 4) is 0 Å². The third kappa shape index (κ3) is 2.88. The lowest BCUT2D eigenvalue weighted by Crippen LogP contribution is -2.14. The second-order valence-electron chi connectivity index (χ2n) is 4.31. The lowest BCUT2D eigenvalue weighted by molar-refractivity contribution is 0.101. The maximum absolute atomic E-state index is 12.2. The van der Waals surface area contributed by atoms with Gasteiger partial charge in [0.25, 0.3) is 10.0 Å². The molecule has 2 aromatic rings. The molecule has 20 heavy (non-hydrogen) atoms. The van der Waals surface area contributed by atoms with Crippen molar-refractivity contribution in [1.82, 2.24) is 10.2 Å². The zero-order valence-corrected chi connectivity index (χ0v) is 12.0. The van der Waals surface area contributed by atoms with Gasteiger partial charge in [0.05, 0.1) is 11.1 Å². The Morgan fingerprint density at radius 1 is 1.30 bits per heavy atom. The normalized spacial score (nSPS) is 11.3. The Hall–Kier alpha value is -2.15. The number of ketones is 1. The Morgan fingerprint density at radius 3 is 2.50 bits per heavy atom. The molecule has 2 rings (SSSR count). The molecule has 0 saturated carbocycles. The minimum absolute atomic E-state index is 0.0964. The first-order chi connectivity index (χ1) is 9.44. The van der Waals surface area contributed by atoms with E-state index in [2.05, 4.69) is 14.9 Å². The van der Waals surface area contributed by atoms with Crippen LogP contribution in [0.1, 0.15) is 29.8 Å². The highest BCUT2D eigenvalue weighted by molar-refractivity contribution is 7.92. The first-order valence-electron chi connectivity index (χ1n) is 6.10. The second kappa shape index (κ2) is 5.46. The average Bonchev–Trinajstić information content (AvgIpc) is 2.85. The monoisotopic (exact) mass is 293 g/mol. The van der Waals surface area contributed by atoms with E-state index in [1.165, 1.54) is 31.2 Å². The largest absolute Gasteiger partial charge is 0.295 e. The Labute approximate surface area is 117 Å². The van der Waals surface area contributed by atoms with Crippen LogP contribution in [0.2, 0.25) is 0 Å². The summed E-state index contributed by atoms with van der Waals surface area (Å²) in [5.74, 6) is 0.256. The van der Waals surface area contributed by atoms with Gasteiger partial charge in [-0.15, -0.1) is 0 Å². The van der Waals surface area contributed by atoms with Gasteiger partial charge in [0.15, 0.2) is 5.78 Å². The van der Waals surface area contributed by atoms with Crippen LogP contribution in [-0.4, -0.2) is 24.4 Å². The maximum Gasteiger partial charge on any atom is 0.263 e. The molecule has 0 aliphatic rings. The van der Waals surface area contributed by atoms with Crippen molar-refractivity contribution in [2.24, 2.45) is 0 Å². The van der Waals surface area contributed by atoms with Gasteiger partial charge >= 0.3 is 0 Å². The van der Waals surface area contributed by atoms with Crippen LogP contribution in [0, 0.1) is 0 Å². The van der Waals surface area contributed by atoms with Gasteiger partial charge in [-0.05, 0) is 25.5 Å². The van der Waals surface area contributed by atoms with E-state index < -0.39 is 10.0 Å². The summed E-state index contributed by atoms with van der Waals surface area (Å²) in [7, 11) is -3.69. The summed E-state index contributed by atoms with van der Waals surface area (Å²) in [4.78, 5) is 11.3. The number of benzene rings is 1. The number of aromatic amines is 1. The van der Waals surface area contributed by atoms with Gasteiger partial charge in [-0.1, -0.05) is 19.1 Å². The van der Waals surface area contributed by atoms with E-state index >= 15 is 0 Å². The van der Waals surface area contributed by atoms with Crippen LogP contribution >= 0.6 is 0 Å². The van der Waals surface area contributed by atoms with Gasteiger partial charge in [-0.3, -0.25) is 14.6 Å². The van der Waals surface area contributed by atoms with E-state index in [-0.39, 0.29) is 10.7 Å². The third-order valence-electron chi connectivity index (χ3n) is 2.91. The highest BCUT2D eigenvalue weighted by atomic mass is 32.2. The summed E-state index contributed by atoms with van der Waals surface area (Å²) >= 11 is 0. The number of H-pyrrole nitrogens is 1.